The number of likely N-dealkylation sites (N-methyl/N-ethyl adjacent to an activating group) is 1. The molecule has 4 rings (SSSR count). The van der Waals surface area contributed by atoms with E-state index in [1.54, 1.807) is 6.08 Å². The SMILES string of the molecule is CCN(CC)CC=CC(=O)N1CCc2c(cn3ncnc(NC(CO)c4ccccc4)c23)C1. The minimum absolute atomic E-state index is 0.0388. The summed E-state index contributed by atoms with van der Waals surface area (Å²) in [6.07, 6.45) is 7.87. The summed E-state index contributed by atoms with van der Waals surface area (Å²) in [6, 6.07) is 9.56. The lowest BCUT2D eigenvalue weighted by atomic mass is 10.0. The van der Waals surface area contributed by atoms with Gasteiger partial charge in [-0.1, -0.05) is 50.3 Å². The van der Waals surface area contributed by atoms with Gasteiger partial charge in [0.2, 0.25) is 5.91 Å². The van der Waals surface area contributed by atoms with Crippen LogP contribution in [0.2, 0.25) is 0 Å². The Morgan fingerprint density at radius 1 is 1.27 bits per heavy atom. The average molecular weight is 449 g/mol. The molecular formula is C25H32N6O2. The van der Waals surface area contributed by atoms with Gasteiger partial charge < -0.3 is 20.2 Å². The number of hydrogen-bond donors (Lipinski definition) is 2. The minimum Gasteiger partial charge on any atom is -0.394 e. The van der Waals surface area contributed by atoms with Gasteiger partial charge in [0.05, 0.1) is 12.6 Å². The van der Waals surface area contributed by atoms with E-state index in [2.05, 4.69) is 34.1 Å². The van der Waals surface area contributed by atoms with Crippen LogP contribution in [0.3, 0.4) is 0 Å². The molecule has 0 saturated heterocycles. The van der Waals surface area contributed by atoms with Crippen molar-refractivity contribution >= 4 is 17.2 Å². The van der Waals surface area contributed by atoms with Crippen LogP contribution in [0.15, 0.2) is 55.0 Å². The van der Waals surface area contributed by atoms with Crippen LogP contribution in [0.4, 0.5) is 5.82 Å². The largest absolute Gasteiger partial charge is 0.394 e. The number of amides is 1. The normalized spacial score (nSPS) is 14.7. The van der Waals surface area contributed by atoms with Crippen LogP contribution in [0, 0.1) is 0 Å². The summed E-state index contributed by atoms with van der Waals surface area (Å²) in [5.41, 5.74) is 4.13. The molecule has 1 amide bonds. The highest BCUT2D eigenvalue weighted by Crippen LogP contribution is 2.30. The van der Waals surface area contributed by atoms with Crippen molar-refractivity contribution in [1.82, 2.24) is 24.4 Å². The van der Waals surface area contributed by atoms with Crippen LogP contribution < -0.4 is 5.32 Å². The van der Waals surface area contributed by atoms with E-state index < -0.39 is 0 Å². The van der Waals surface area contributed by atoms with E-state index in [9.17, 15) is 9.90 Å². The molecule has 174 valence electrons. The minimum atomic E-state index is -0.270. The number of aliphatic hydroxyl groups excluding tert-OH is 1. The van der Waals surface area contributed by atoms with E-state index in [4.69, 9.17) is 0 Å². The highest BCUT2D eigenvalue weighted by Gasteiger charge is 2.25. The van der Waals surface area contributed by atoms with E-state index in [-0.39, 0.29) is 18.6 Å². The Morgan fingerprint density at radius 3 is 2.79 bits per heavy atom. The number of aliphatic hydroxyl groups is 1. The summed E-state index contributed by atoms with van der Waals surface area (Å²) in [6.45, 7) is 8.12. The molecule has 2 aromatic heterocycles. The van der Waals surface area contributed by atoms with Crippen molar-refractivity contribution in [2.24, 2.45) is 0 Å². The number of nitrogens with one attached hydrogen (secondary N) is 1. The molecule has 1 aliphatic rings. The Morgan fingerprint density at radius 2 is 2.06 bits per heavy atom. The van der Waals surface area contributed by atoms with Crippen LogP contribution in [0.1, 0.15) is 36.6 Å². The van der Waals surface area contributed by atoms with Gasteiger partial charge in [0, 0.05) is 31.9 Å². The van der Waals surface area contributed by atoms with Gasteiger partial charge in [0.1, 0.15) is 11.8 Å². The molecule has 3 heterocycles. The fourth-order valence-electron chi connectivity index (χ4n) is 4.34. The predicted octanol–water partition coefficient (Wildman–Crippen LogP) is 2.66. The van der Waals surface area contributed by atoms with Gasteiger partial charge in [-0.15, -0.1) is 0 Å². The van der Waals surface area contributed by atoms with Crippen molar-refractivity contribution in [3.05, 3.63) is 71.7 Å². The molecule has 0 radical (unpaired) electrons. The van der Waals surface area contributed by atoms with E-state index >= 15 is 0 Å². The molecule has 1 aliphatic heterocycles. The quantitative estimate of drug-likeness (QED) is 0.490. The number of carbonyl (C=O) groups excluding carboxylic acids is 1. The first-order chi connectivity index (χ1) is 16.1. The van der Waals surface area contributed by atoms with E-state index in [0.717, 1.165) is 48.3 Å². The molecule has 0 fully saturated rings. The maximum Gasteiger partial charge on any atom is 0.246 e. The monoisotopic (exact) mass is 448 g/mol. The third-order valence-electron chi connectivity index (χ3n) is 6.29. The molecule has 3 aromatic rings. The van der Waals surface area contributed by atoms with Crippen LogP contribution in [0.5, 0.6) is 0 Å². The topological polar surface area (TPSA) is 86.0 Å². The first-order valence-corrected chi connectivity index (χ1v) is 11.6. The van der Waals surface area contributed by atoms with Gasteiger partial charge in [-0.2, -0.15) is 5.10 Å². The molecule has 8 heteroatoms. The summed E-state index contributed by atoms with van der Waals surface area (Å²) in [5.74, 6) is 0.727. The Bertz CT molecular complexity index is 1110. The molecule has 0 saturated carbocycles. The average Bonchev–Trinajstić information content (AvgIpc) is 3.24. The molecule has 0 bridgehead atoms. The lowest BCUT2D eigenvalue weighted by Crippen LogP contribution is -2.34. The third kappa shape index (κ3) is 5.07. The molecule has 33 heavy (non-hydrogen) atoms. The lowest BCUT2D eigenvalue weighted by Gasteiger charge is -2.26. The predicted molar refractivity (Wildman–Crippen MR) is 129 cm³/mol. The molecule has 0 spiro atoms. The van der Waals surface area contributed by atoms with Crippen molar-refractivity contribution in [3.8, 4) is 0 Å². The van der Waals surface area contributed by atoms with E-state index in [0.29, 0.717) is 18.9 Å². The third-order valence-corrected chi connectivity index (χ3v) is 6.29. The maximum atomic E-state index is 12.7. The summed E-state index contributed by atoms with van der Waals surface area (Å²) in [4.78, 5) is 21.4. The fraction of sp³-hybridized carbons (Fsp3) is 0.400. The molecule has 2 N–H and O–H groups in total. The molecule has 8 nitrogen and oxygen atoms in total. The number of anilines is 1. The van der Waals surface area contributed by atoms with Crippen LogP contribution in [-0.4, -0.2) is 68.2 Å². The van der Waals surface area contributed by atoms with E-state index in [1.807, 2.05) is 52.0 Å². The van der Waals surface area contributed by atoms with Crippen LogP contribution >= 0.6 is 0 Å². The number of hydrogen-bond acceptors (Lipinski definition) is 6. The first kappa shape index (κ1) is 22.9. The number of aromatic nitrogens is 3. The number of nitrogens with zero attached hydrogens (tertiary/aromatic N) is 5. The van der Waals surface area contributed by atoms with Crippen LogP contribution in [0.25, 0.3) is 5.52 Å². The number of carbonyl (C=O) groups is 1. The lowest BCUT2D eigenvalue weighted by molar-refractivity contribution is -0.126. The van der Waals surface area contributed by atoms with Crippen molar-refractivity contribution in [2.75, 3.05) is 38.1 Å². The first-order valence-electron chi connectivity index (χ1n) is 11.6. The highest BCUT2D eigenvalue weighted by molar-refractivity contribution is 5.88. The zero-order chi connectivity index (χ0) is 23.2. The molecular weight excluding hydrogens is 416 g/mol. The molecule has 1 aromatic carbocycles. The van der Waals surface area contributed by atoms with Gasteiger partial charge in [-0.25, -0.2) is 9.50 Å². The molecule has 1 atom stereocenters. The fourth-order valence-corrected chi connectivity index (χ4v) is 4.34. The van der Waals surface area contributed by atoms with Gasteiger partial charge in [-0.3, -0.25) is 4.79 Å². The van der Waals surface area contributed by atoms with Gasteiger partial charge >= 0.3 is 0 Å². The van der Waals surface area contributed by atoms with Gasteiger partial charge in [0.25, 0.3) is 0 Å². The Balaban J connectivity index is 1.52. The smallest absolute Gasteiger partial charge is 0.246 e. The second-order valence-electron chi connectivity index (χ2n) is 8.22. The van der Waals surface area contributed by atoms with Crippen molar-refractivity contribution < 1.29 is 9.90 Å². The Kier molecular flexibility index (Phi) is 7.36. The highest BCUT2D eigenvalue weighted by atomic mass is 16.3. The summed E-state index contributed by atoms with van der Waals surface area (Å²) in [7, 11) is 0. The number of benzene rings is 1. The number of fused-ring (bicyclic) bond motifs is 3. The standard InChI is InChI=1S/C25H32N6O2/c1-3-29(4-2)13-8-11-23(33)30-14-12-21-20(15-30)16-31-24(21)25(26-18-27-31)28-22(17-32)19-9-6-5-7-10-19/h5-11,16,18,22,32H,3-4,12-15,17H2,1-2H3,(H,26,27,28). The van der Waals surface area contributed by atoms with Gasteiger partial charge in [0.15, 0.2) is 5.82 Å². The molecule has 0 aliphatic carbocycles. The summed E-state index contributed by atoms with van der Waals surface area (Å²) in [5, 5.41) is 17.7. The second kappa shape index (κ2) is 10.6. The zero-order valence-electron chi connectivity index (χ0n) is 19.3. The molecule has 1 unspecified atom stereocenters. The summed E-state index contributed by atoms with van der Waals surface area (Å²) >= 11 is 0. The van der Waals surface area contributed by atoms with Crippen LogP contribution in [-0.2, 0) is 17.8 Å². The maximum absolute atomic E-state index is 12.7. The van der Waals surface area contributed by atoms with E-state index in [1.165, 1.54) is 6.33 Å². The zero-order valence-corrected chi connectivity index (χ0v) is 19.3. The number of rotatable bonds is 9. The Labute approximate surface area is 194 Å². The van der Waals surface area contributed by atoms with Crippen molar-refractivity contribution in [2.45, 2.75) is 32.9 Å². The Hall–Kier alpha value is -3.23. The second-order valence-corrected chi connectivity index (χ2v) is 8.22. The van der Waals surface area contributed by atoms with Crippen molar-refractivity contribution in [3.63, 3.8) is 0 Å². The van der Waals surface area contributed by atoms with Crippen molar-refractivity contribution in [1.29, 1.82) is 0 Å². The van der Waals surface area contributed by atoms with Gasteiger partial charge in [-0.05, 0) is 36.2 Å². The summed E-state index contributed by atoms with van der Waals surface area (Å²) < 4.78 is 1.82.